The zero-order valence-corrected chi connectivity index (χ0v) is 17.8. The predicted molar refractivity (Wildman–Crippen MR) is 113 cm³/mol. The van der Waals surface area contributed by atoms with Crippen molar-refractivity contribution in [1.29, 1.82) is 0 Å². The first-order chi connectivity index (χ1) is 14.0. The molecule has 7 nitrogen and oxygen atoms in total. The van der Waals surface area contributed by atoms with Crippen LogP contribution in [-0.2, 0) is 19.6 Å². The summed E-state index contributed by atoms with van der Waals surface area (Å²) in [6, 6.07) is 10.9. The summed E-state index contributed by atoms with van der Waals surface area (Å²) in [5.74, 6) is -0.0859. The summed E-state index contributed by atoms with van der Waals surface area (Å²) in [6.07, 6.45) is 2.16. The Bertz CT molecular complexity index is 923. The number of anilines is 1. The van der Waals surface area contributed by atoms with Gasteiger partial charge in [0.2, 0.25) is 15.9 Å². The van der Waals surface area contributed by atoms with Gasteiger partial charge in [-0.15, -0.1) is 11.3 Å². The molecule has 0 spiro atoms. The fraction of sp³-hybridized carbons (Fsp3) is 0.450. The Morgan fingerprint density at radius 1 is 1.14 bits per heavy atom. The molecule has 1 N–H and O–H groups in total. The van der Waals surface area contributed by atoms with E-state index in [9.17, 15) is 13.2 Å². The van der Waals surface area contributed by atoms with Gasteiger partial charge in [-0.1, -0.05) is 6.07 Å². The molecule has 0 bridgehead atoms. The number of nitrogens with one attached hydrogen (secondary N) is 1. The molecule has 1 atom stereocenters. The SMILES string of the molecule is O=C(CN1CCC[C@@H]1c1cccs1)Nc1ccc(S(=O)(=O)N2CCOCC2)cc1. The molecule has 2 aromatic rings. The summed E-state index contributed by atoms with van der Waals surface area (Å²) in [6.45, 7) is 2.79. The van der Waals surface area contributed by atoms with Gasteiger partial charge in [0.1, 0.15) is 0 Å². The lowest BCUT2D eigenvalue weighted by atomic mass is 10.2. The van der Waals surface area contributed by atoms with Crippen molar-refractivity contribution < 1.29 is 17.9 Å². The highest BCUT2D eigenvalue weighted by atomic mass is 32.2. The summed E-state index contributed by atoms with van der Waals surface area (Å²) in [7, 11) is -3.52. The Morgan fingerprint density at radius 3 is 2.59 bits per heavy atom. The van der Waals surface area contributed by atoms with Crippen LogP contribution in [0.15, 0.2) is 46.7 Å². The minimum Gasteiger partial charge on any atom is -0.379 e. The smallest absolute Gasteiger partial charge is 0.243 e. The third-order valence-electron chi connectivity index (χ3n) is 5.33. The van der Waals surface area contributed by atoms with Gasteiger partial charge in [0.15, 0.2) is 0 Å². The molecule has 29 heavy (non-hydrogen) atoms. The molecule has 1 aromatic heterocycles. The van der Waals surface area contributed by atoms with E-state index >= 15 is 0 Å². The highest BCUT2D eigenvalue weighted by Crippen LogP contribution is 2.34. The number of thiophene rings is 1. The van der Waals surface area contributed by atoms with Crippen LogP contribution < -0.4 is 5.32 Å². The number of likely N-dealkylation sites (tertiary alicyclic amines) is 1. The topological polar surface area (TPSA) is 79.0 Å². The molecule has 2 aliphatic heterocycles. The maximum Gasteiger partial charge on any atom is 0.243 e. The van der Waals surface area contributed by atoms with Gasteiger partial charge in [-0.25, -0.2) is 8.42 Å². The molecule has 0 aliphatic carbocycles. The van der Waals surface area contributed by atoms with Crippen LogP contribution in [-0.4, -0.2) is 62.9 Å². The lowest BCUT2D eigenvalue weighted by Gasteiger charge is -2.26. The molecule has 1 aromatic carbocycles. The lowest BCUT2D eigenvalue weighted by molar-refractivity contribution is -0.117. The van der Waals surface area contributed by atoms with Crippen LogP contribution in [0, 0.1) is 0 Å². The van der Waals surface area contributed by atoms with Gasteiger partial charge >= 0.3 is 0 Å². The molecule has 2 aliphatic rings. The Hall–Kier alpha value is -1.78. The van der Waals surface area contributed by atoms with Gasteiger partial charge in [-0.3, -0.25) is 9.69 Å². The standard InChI is InChI=1S/C20H25N3O4S2/c24-20(15-22-9-1-3-18(22)19-4-2-14-28-19)21-16-5-7-17(8-6-16)29(25,26)23-10-12-27-13-11-23/h2,4-8,14,18H,1,3,9-13,15H2,(H,21,24)/t18-/m1/s1. The second kappa shape index (κ2) is 8.93. The molecule has 4 rings (SSSR count). The lowest BCUT2D eigenvalue weighted by Crippen LogP contribution is -2.40. The molecule has 2 saturated heterocycles. The van der Waals surface area contributed by atoms with Crippen molar-refractivity contribution in [1.82, 2.24) is 9.21 Å². The van der Waals surface area contributed by atoms with Crippen molar-refractivity contribution in [3.8, 4) is 0 Å². The van der Waals surface area contributed by atoms with E-state index < -0.39 is 10.0 Å². The molecule has 0 unspecified atom stereocenters. The van der Waals surface area contributed by atoms with E-state index in [0.717, 1.165) is 19.4 Å². The quantitative estimate of drug-likeness (QED) is 0.754. The summed E-state index contributed by atoms with van der Waals surface area (Å²) < 4.78 is 32.0. The third-order valence-corrected chi connectivity index (χ3v) is 8.21. The second-order valence-electron chi connectivity index (χ2n) is 7.23. The van der Waals surface area contributed by atoms with Crippen molar-refractivity contribution >= 4 is 33.0 Å². The number of ether oxygens (including phenoxy) is 1. The van der Waals surface area contributed by atoms with Gasteiger partial charge in [-0.2, -0.15) is 4.31 Å². The van der Waals surface area contributed by atoms with Crippen molar-refractivity contribution in [2.75, 3.05) is 44.7 Å². The summed E-state index contributed by atoms with van der Waals surface area (Å²) in [5.41, 5.74) is 0.600. The fourth-order valence-corrected chi connectivity index (χ4v) is 6.15. The van der Waals surface area contributed by atoms with Crippen molar-refractivity contribution in [2.45, 2.75) is 23.8 Å². The molecular weight excluding hydrogens is 410 g/mol. The molecule has 1 amide bonds. The Morgan fingerprint density at radius 2 is 1.90 bits per heavy atom. The maximum absolute atomic E-state index is 12.7. The normalized spacial score (nSPS) is 21.3. The first-order valence-corrected chi connectivity index (χ1v) is 12.1. The van der Waals surface area contributed by atoms with E-state index in [-0.39, 0.29) is 10.8 Å². The van der Waals surface area contributed by atoms with Crippen LogP contribution in [0.25, 0.3) is 0 Å². The second-order valence-corrected chi connectivity index (χ2v) is 10.2. The van der Waals surface area contributed by atoms with Gasteiger partial charge in [0, 0.05) is 29.7 Å². The number of benzene rings is 1. The van der Waals surface area contributed by atoms with Gasteiger partial charge in [0.05, 0.1) is 24.7 Å². The Balaban J connectivity index is 1.36. The van der Waals surface area contributed by atoms with Crippen LogP contribution in [0.2, 0.25) is 0 Å². The van der Waals surface area contributed by atoms with Crippen LogP contribution in [0.4, 0.5) is 5.69 Å². The Labute approximate surface area is 175 Å². The van der Waals surface area contributed by atoms with E-state index in [1.54, 1.807) is 35.6 Å². The number of nitrogens with zero attached hydrogens (tertiary/aromatic N) is 2. The molecular formula is C20H25N3O4S2. The number of morpholine rings is 1. The largest absolute Gasteiger partial charge is 0.379 e. The molecule has 3 heterocycles. The number of carbonyl (C=O) groups excluding carboxylic acids is 1. The molecule has 0 saturated carbocycles. The fourth-order valence-electron chi connectivity index (χ4n) is 3.85. The predicted octanol–water partition coefficient (Wildman–Crippen LogP) is 2.54. The Kier molecular flexibility index (Phi) is 6.31. The van der Waals surface area contributed by atoms with Crippen molar-refractivity contribution in [3.05, 3.63) is 46.7 Å². The number of amides is 1. The van der Waals surface area contributed by atoms with E-state index in [1.807, 2.05) is 6.07 Å². The highest BCUT2D eigenvalue weighted by Gasteiger charge is 2.28. The summed E-state index contributed by atoms with van der Waals surface area (Å²) >= 11 is 1.73. The first-order valence-electron chi connectivity index (χ1n) is 9.79. The maximum atomic E-state index is 12.7. The first kappa shape index (κ1) is 20.5. The van der Waals surface area contributed by atoms with Crippen LogP contribution in [0.1, 0.15) is 23.8 Å². The van der Waals surface area contributed by atoms with Crippen molar-refractivity contribution in [2.24, 2.45) is 0 Å². The van der Waals surface area contributed by atoms with Crippen molar-refractivity contribution in [3.63, 3.8) is 0 Å². The minimum atomic E-state index is -3.52. The third kappa shape index (κ3) is 4.70. The summed E-state index contributed by atoms with van der Waals surface area (Å²) in [5, 5.41) is 4.96. The molecule has 156 valence electrons. The number of sulfonamides is 1. The number of carbonyl (C=O) groups is 1. The number of hydrogen-bond acceptors (Lipinski definition) is 6. The monoisotopic (exact) mass is 435 g/mol. The zero-order valence-electron chi connectivity index (χ0n) is 16.1. The molecule has 9 heteroatoms. The average molecular weight is 436 g/mol. The average Bonchev–Trinajstić information content (AvgIpc) is 3.41. The number of rotatable bonds is 6. The molecule has 0 radical (unpaired) electrons. The van der Waals surface area contributed by atoms with Crippen LogP contribution in [0.3, 0.4) is 0 Å². The van der Waals surface area contributed by atoms with Crippen LogP contribution in [0.5, 0.6) is 0 Å². The minimum absolute atomic E-state index is 0.0859. The van der Waals surface area contributed by atoms with Crippen LogP contribution >= 0.6 is 11.3 Å². The van der Waals surface area contributed by atoms with Gasteiger partial charge in [0.25, 0.3) is 0 Å². The number of hydrogen-bond donors (Lipinski definition) is 1. The zero-order chi connectivity index (χ0) is 20.3. The van der Waals surface area contributed by atoms with E-state index in [2.05, 4.69) is 21.7 Å². The van der Waals surface area contributed by atoms with Gasteiger partial charge < -0.3 is 10.1 Å². The van der Waals surface area contributed by atoms with E-state index in [1.165, 1.54) is 9.18 Å². The van der Waals surface area contributed by atoms with Gasteiger partial charge in [-0.05, 0) is 55.1 Å². The molecule has 2 fully saturated rings. The van der Waals surface area contributed by atoms with E-state index in [0.29, 0.717) is 44.6 Å². The summed E-state index contributed by atoms with van der Waals surface area (Å²) in [4.78, 5) is 16.3. The van der Waals surface area contributed by atoms with E-state index in [4.69, 9.17) is 4.74 Å². The highest BCUT2D eigenvalue weighted by molar-refractivity contribution is 7.89.